The number of aryl methyl sites for hydroxylation is 2. The largest absolute Gasteiger partial charge is 0.371 e. The third kappa shape index (κ3) is 4.48. The average molecular weight is 288 g/mol. The van der Waals surface area contributed by atoms with Crippen molar-refractivity contribution >= 4 is 11.6 Å². The fourth-order valence-corrected chi connectivity index (χ4v) is 2.84. The van der Waals surface area contributed by atoms with Gasteiger partial charge in [-0.3, -0.25) is 4.79 Å². The van der Waals surface area contributed by atoms with E-state index in [9.17, 15) is 4.79 Å². The summed E-state index contributed by atoms with van der Waals surface area (Å²) in [6.45, 7) is 9.40. The SMILES string of the molecule is CCCCC(=O)NCC1CCN(c2ccc(C)c(C)c2)C1. The molecule has 116 valence electrons. The Labute approximate surface area is 128 Å². The second-order valence-corrected chi connectivity index (χ2v) is 6.28. The van der Waals surface area contributed by atoms with Crippen molar-refractivity contribution in [2.45, 2.75) is 46.5 Å². The Hall–Kier alpha value is -1.51. The number of nitrogens with one attached hydrogen (secondary N) is 1. The Morgan fingerprint density at radius 2 is 2.14 bits per heavy atom. The van der Waals surface area contributed by atoms with Crippen LogP contribution in [0.25, 0.3) is 0 Å². The van der Waals surface area contributed by atoms with E-state index < -0.39 is 0 Å². The van der Waals surface area contributed by atoms with Crippen LogP contribution in [-0.4, -0.2) is 25.5 Å². The van der Waals surface area contributed by atoms with Crippen LogP contribution in [0, 0.1) is 19.8 Å². The van der Waals surface area contributed by atoms with E-state index in [1.165, 1.54) is 23.2 Å². The predicted molar refractivity (Wildman–Crippen MR) is 88.8 cm³/mol. The van der Waals surface area contributed by atoms with Crippen molar-refractivity contribution in [3.8, 4) is 0 Å². The number of hydrogen-bond donors (Lipinski definition) is 1. The summed E-state index contributed by atoms with van der Waals surface area (Å²) >= 11 is 0. The standard InChI is InChI=1S/C18H28N2O/c1-4-5-6-18(21)19-12-16-9-10-20(13-16)17-8-7-14(2)15(3)11-17/h7-8,11,16H,4-6,9-10,12-13H2,1-3H3,(H,19,21). The van der Waals surface area contributed by atoms with Gasteiger partial charge in [-0.05, 0) is 55.9 Å². The minimum absolute atomic E-state index is 0.210. The van der Waals surface area contributed by atoms with Crippen molar-refractivity contribution in [1.82, 2.24) is 5.32 Å². The molecule has 1 N–H and O–H groups in total. The Kier molecular flexibility index (Phi) is 5.66. The molecule has 1 atom stereocenters. The molecule has 1 unspecified atom stereocenters. The lowest BCUT2D eigenvalue weighted by molar-refractivity contribution is -0.121. The molecule has 1 aliphatic rings. The number of anilines is 1. The van der Waals surface area contributed by atoms with Crippen molar-refractivity contribution < 1.29 is 4.79 Å². The van der Waals surface area contributed by atoms with E-state index in [2.05, 4.69) is 49.2 Å². The number of hydrogen-bond acceptors (Lipinski definition) is 2. The Bertz CT molecular complexity index is 484. The van der Waals surface area contributed by atoms with Crippen molar-refractivity contribution in [2.75, 3.05) is 24.5 Å². The normalized spacial score (nSPS) is 18.0. The van der Waals surface area contributed by atoms with Gasteiger partial charge in [0.15, 0.2) is 0 Å². The molecule has 1 heterocycles. The summed E-state index contributed by atoms with van der Waals surface area (Å²) in [5, 5.41) is 3.09. The highest BCUT2D eigenvalue weighted by Crippen LogP contribution is 2.25. The quantitative estimate of drug-likeness (QED) is 0.869. The molecule has 0 bridgehead atoms. The number of carbonyl (C=O) groups excluding carboxylic acids is 1. The summed E-state index contributed by atoms with van der Waals surface area (Å²) in [6, 6.07) is 6.69. The van der Waals surface area contributed by atoms with Crippen LogP contribution in [0.2, 0.25) is 0 Å². The van der Waals surface area contributed by atoms with Crippen LogP contribution in [0.5, 0.6) is 0 Å². The van der Waals surface area contributed by atoms with Gasteiger partial charge in [0.25, 0.3) is 0 Å². The third-order valence-corrected chi connectivity index (χ3v) is 4.49. The summed E-state index contributed by atoms with van der Waals surface area (Å²) in [7, 11) is 0. The molecule has 1 amide bonds. The molecule has 0 spiro atoms. The summed E-state index contributed by atoms with van der Waals surface area (Å²) in [5.74, 6) is 0.790. The number of amides is 1. The molecule has 1 fully saturated rings. The Balaban J connectivity index is 1.80. The molecular formula is C18H28N2O. The summed E-state index contributed by atoms with van der Waals surface area (Å²) < 4.78 is 0. The molecule has 0 saturated carbocycles. The summed E-state index contributed by atoms with van der Waals surface area (Å²) in [6.07, 6.45) is 3.91. The van der Waals surface area contributed by atoms with Gasteiger partial charge in [-0.25, -0.2) is 0 Å². The highest BCUT2D eigenvalue weighted by Gasteiger charge is 2.23. The maximum atomic E-state index is 11.7. The summed E-state index contributed by atoms with van der Waals surface area (Å²) in [5.41, 5.74) is 4.01. The molecule has 0 aromatic heterocycles. The number of rotatable bonds is 6. The lowest BCUT2D eigenvalue weighted by Gasteiger charge is -2.20. The van der Waals surface area contributed by atoms with E-state index in [1.54, 1.807) is 0 Å². The minimum Gasteiger partial charge on any atom is -0.371 e. The first-order valence-corrected chi connectivity index (χ1v) is 8.19. The molecule has 1 saturated heterocycles. The zero-order chi connectivity index (χ0) is 15.2. The number of unbranched alkanes of at least 4 members (excludes halogenated alkanes) is 1. The molecule has 3 nitrogen and oxygen atoms in total. The second-order valence-electron chi connectivity index (χ2n) is 6.28. The van der Waals surface area contributed by atoms with Gasteiger partial charge in [0, 0.05) is 31.7 Å². The fraction of sp³-hybridized carbons (Fsp3) is 0.611. The fourth-order valence-electron chi connectivity index (χ4n) is 2.84. The van der Waals surface area contributed by atoms with E-state index in [0.717, 1.165) is 32.5 Å². The van der Waals surface area contributed by atoms with Crippen LogP contribution in [0.4, 0.5) is 5.69 Å². The van der Waals surface area contributed by atoms with E-state index in [4.69, 9.17) is 0 Å². The lowest BCUT2D eigenvalue weighted by atomic mass is 10.1. The van der Waals surface area contributed by atoms with E-state index in [1.807, 2.05) is 0 Å². The van der Waals surface area contributed by atoms with Crippen molar-refractivity contribution in [1.29, 1.82) is 0 Å². The maximum Gasteiger partial charge on any atom is 0.220 e. The van der Waals surface area contributed by atoms with Crippen molar-refractivity contribution in [2.24, 2.45) is 5.92 Å². The van der Waals surface area contributed by atoms with Gasteiger partial charge in [0.05, 0.1) is 0 Å². The molecule has 1 aromatic rings. The Morgan fingerprint density at radius 1 is 1.33 bits per heavy atom. The van der Waals surface area contributed by atoms with Gasteiger partial charge < -0.3 is 10.2 Å². The zero-order valence-electron chi connectivity index (χ0n) is 13.6. The van der Waals surface area contributed by atoms with Crippen LogP contribution in [0.3, 0.4) is 0 Å². The first-order chi connectivity index (χ1) is 10.1. The zero-order valence-corrected chi connectivity index (χ0v) is 13.6. The molecule has 3 heteroatoms. The second kappa shape index (κ2) is 7.48. The monoisotopic (exact) mass is 288 g/mol. The molecule has 2 rings (SSSR count). The van der Waals surface area contributed by atoms with Crippen molar-refractivity contribution in [3.63, 3.8) is 0 Å². The molecule has 0 radical (unpaired) electrons. The molecule has 0 aliphatic carbocycles. The Morgan fingerprint density at radius 3 is 2.86 bits per heavy atom. The lowest BCUT2D eigenvalue weighted by Crippen LogP contribution is -2.30. The van der Waals surface area contributed by atoms with Gasteiger partial charge in [0.2, 0.25) is 5.91 Å². The van der Waals surface area contributed by atoms with Crippen LogP contribution >= 0.6 is 0 Å². The molecule has 1 aromatic carbocycles. The number of benzene rings is 1. The van der Waals surface area contributed by atoms with Crippen LogP contribution in [0.15, 0.2) is 18.2 Å². The van der Waals surface area contributed by atoms with Gasteiger partial charge in [-0.2, -0.15) is 0 Å². The van der Waals surface area contributed by atoms with E-state index in [-0.39, 0.29) is 5.91 Å². The summed E-state index contributed by atoms with van der Waals surface area (Å²) in [4.78, 5) is 14.1. The van der Waals surface area contributed by atoms with E-state index in [0.29, 0.717) is 12.3 Å². The molecular weight excluding hydrogens is 260 g/mol. The van der Waals surface area contributed by atoms with Gasteiger partial charge >= 0.3 is 0 Å². The van der Waals surface area contributed by atoms with Crippen LogP contribution in [0.1, 0.15) is 43.7 Å². The van der Waals surface area contributed by atoms with Crippen molar-refractivity contribution in [3.05, 3.63) is 29.3 Å². The first-order valence-electron chi connectivity index (χ1n) is 8.19. The van der Waals surface area contributed by atoms with Gasteiger partial charge in [0.1, 0.15) is 0 Å². The predicted octanol–water partition coefficient (Wildman–Crippen LogP) is 3.44. The first kappa shape index (κ1) is 15.9. The average Bonchev–Trinajstić information content (AvgIpc) is 2.94. The van der Waals surface area contributed by atoms with Crippen LogP contribution < -0.4 is 10.2 Å². The van der Waals surface area contributed by atoms with Crippen LogP contribution in [-0.2, 0) is 4.79 Å². The number of carbonyl (C=O) groups is 1. The maximum absolute atomic E-state index is 11.7. The topological polar surface area (TPSA) is 32.3 Å². The third-order valence-electron chi connectivity index (χ3n) is 4.49. The minimum atomic E-state index is 0.210. The van der Waals surface area contributed by atoms with Gasteiger partial charge in [-0.15, -0.1) is 0 Å². The smallest absolute Gasteiger partial charge is 0.220 e. The highest BCUT2D eigenvalue weighted by molar-refractivity contribution is 5.75. The number of nitrogens with zero attached hydrogens (tertiary/aromatic N) is 1. The highest BCUT2D eigenvalue weighted by atomic mass is 16.1. The molecule has 1 aliphatic heterocycles. The van der Waals surface area contributed by atoms with E-state index >= 15 is 0 Å². The van der Waals surface area contributed by atoms with Gasteiger partial charge in [-0.1, -0.05) is 19.4 Å². The molecule has 21 heavy (non-hydrogen) atoms.